The van der Waals surface area contributed by atoms with Gasteiger partial charge < -0.3 is 10.6 Å². The van der Waals surface area contributed by atoms with Crippen molar-refractivity contribution in [3.8, 4) is 0 Å². The smallest absolute Gasteiger partial charge is 0.330 e. The van der Waals surface area contributed by atoms with Gasteiger partial charge in [-0.2, -0.15) is 0 Å². The molecule has 164 valence electrons. The lowest BCUT2D eigenvalue weighted by atomic mass is 10.0. The Bertz CT molecular complexity index is 1230. The largest absolute Gasteiger partial charge is 0.383 e. The minimum absolute atomic E-state index is 0.0105. The fourth-order valence-electron chi connectivity index (χ4n) is 4.02. The first-order valence-electron chi connectivity index (χ1n) is 10.7. The maximum absolute atomic E-state index is 13.4. The molecule has 0 bridgehead atoms. The van der Waals surface area contributed by atoms with Crippen LogP contribution in [0.1, 0.15) is 30.4 Å². The highest BCUT2D eigenvalue weighted by Crippen LogP contribution is 2.26. The topological polar surface area (TPSA) is 101 Å². The number of aromatic amines is 1. The van der Waals surface area contributed by atoms with Crippen molar-refractivity contribution >= 4 is 17.4 Å². The first-order valence-corrected chi connectivity index (χ1v) is 10.7. The Morgan fingerprint density at radius 3 is 2.31 bits per heavy atom. The molecule has 3 N–H and O–H groups in total. The lowest BCUT2D eigenvalue weighted by Crippen LogP contribution is -2.41. The first-order chi connectivity index (χ1) is 15.5. The number of aromatic nitrogens is 2. The Morgan fingerprint density at radius 2 is 1.69 bits per heavy atom. The van der Waals surface area contributed by atoms with Gasteiger partial charge in [0.05, 0.1) is 13.1 Å². The normalized spacial score (nSPS) is 15.1. The second kappa shape index (κ2) is 9.51. The van der Waals surface area contributed by atoms with Crippen LogP contribution in [0.3, 0.4) is 0 Å². The third-order valence-corrected chi connectivity index (χ3v) is 5.70. The van der Waals surface area contributed by atoms with Crippen LogP contribution in [0.5, 0.6) is 0 Å². The molecule has 1 heterocycles. The summed E-state index contributed by atoms with van der Waals surface area (Å²) in [6.45, 7) is 0.376. The standard InChI is InChI=1S/C25H26N4O3/c26-23-22(24(31)27-25(32)29(23)17-20-13-5-2-6-14-20)28(16-19-11-3-1-4-12-19)21(30)15-18-9-7-8-10-18/h1-7,9,11-14,18H,8,10,15-17,26H2,(H,27,31,32). The number of benzene rings is 2. The lowest BCUT2D eigenvalue weighted by molar-refractivity contribution is -0.119. The van der Waals surface area contributed by atoms with Gasteiger partial charge in [0, 0.05) is 6.42 Å². The molecule has 1 aliphatic carbocycles. The number of hydrogen-bond donors (Lipinski definition) is 2. The molecule has 2 aromatic carbocycles. The van der Waals surface area contributed by atoms with E-state index in [4.69, 9.17) is 5.73 Å². The number of carbonyl (C=O) groups excluding carboxylic acids is 1. The Morgan fingerprint density at radius 1 is 1.03 bits per heavy atom. The second-order valence-corrected chi connectivity index (χ2v) is 8.00. The lowest BCUT2D eigenvalue weighted by Gasteiger charge is -2.25. The van der Waals surface area contributed by atoms with E-state index in [9.17, 15) is 14.4 Å². The molecule has 0 spiro atoms. The fourth-order valence-corrected chi connectivity index (χ4v) is 4.02. The molecule has 0 fully saturated rings. The van der Waals surface area contributed by atoms with E-state index in [1.165, 1.54) is 9.47 Å². The highest BCUT2D eigenvalue weighted by Gasteiger charge is 2.26. The summed E-state index contributed by atoms with van der Waals surface area (Å²) in [5, 5.41) is 0. The van der Waals surface area contributed by atoms with E-state index >= 15 is 0 Å². The number of allylic oxidation sites excluding steroid dienone is 2. The van der Waals surface area contributed by atoms with E-state index in [1.807, 2.05) is 66.7 Å². The van der Waals surface area contributed by atoms with Gasteiger partial charge in [-0.15, -0.1) is 0 Å². The summed E-state index contributed by atoms with van der Waals surface area (Å²) in [4.78, 5) is 42.6. The highest BCUT2D eigenvalue weighted by atomic mass is 16.2. The number of nitrogens with one attached hydrogen (secondary N) is 1. The molecule has 1 unspecified atom stereocenters. The fraction of sp³-hybridized carbons (Fsp3) is 0.240. The SMILES string of the molecule is Nc1c(N(Cc2ccccc2)C(=O)CC2C=CCC2)c(=O)[nH]c(=O)n1Cc1ccccc1. The second-order valence-electron chi connectivity index (χ2n) is 8.00. The van der Waals surface area contributed by atoms with Crippen LogP contribution in [-0.4, -0.2) is 15.5 Å². The average molecular weight is 431 g/mol. The van der Waals surface area contributed by atoms with Crippen molar-refractivity contribution in [1.29, 1.82) is 0 Å². The van der Waals surface area contributed by atoms with Gasteiger partial charge in [-0.25, -0.2) is 4.79 Å². The van der Waals surface area contributed by atoms with Crippen molar-refractivity contribution in [3.63, 3.8) is 0 Å². The number of amides is 1. The van der Waals surface area contributed by atoms with E-state index in [-0.39, 0.29) is 42.8 Å². The van der Waals surface area contributed by atoms with Gasteiger partial charge in [0.25, 0.3) is 5.56 Å². The number of H-pyrrole nitrogens is 1. The molecule has 0 saturated carbocycles. The minimum atomic E-state index is -0.664. The van der Waals surface area contributed by atoms with Crippen LogP contribution in [0.15, 0.2) is 82.4 Å². The van der Waals surface area contributed by atoms with Crippen molar-refractivity contribution < 1.29 is 4.79 Å². The Hall–Kier alpha value is -3.87. The predicted molar refractivity (Wildman–Crippen MR) is 125 cm³/mol. The summed E-state index contributed by atoms with van der Waals surface area (Å²) in [5.74, 6) is -0.0855. The zero-order valence-electron chi connectivity index (χ0n) is 17.7. The van der Waals surface area contributed by atoms with Crippen LogP contribution in [0.25, 0.3) is 0 Å². The van der Waals surface area contributed by atoms with Gasteiger partial charge in [0.15, 0.2) is 5.69 Å². The maximum atomic E-state index is 13.4. The number of rotatable bonds is 7. The number of carbonyl (C=O) groups is 1. The molecule has 4 rings (SSSR count). The maximum Gasteiger partial charge on any atom is 0.330 e. The summed E-state index contributed by atoms with van der Waals surface area (Å²) in [5.41, 5.74) is 6.83. The van der Waals surface area contributed by atoms with Gasteiger partial charge in [0.2, 0.25) is 5.91 Å². The van der Waals surface area contributed by atoms with Crippen molar-refractivity contribution in [2.24, 2.45) is 5.92 Å². The Labute approximate surface area is 185 Å². The molecule has 7 nitrogen and oxygen atoms in total. The number of hydrogen-bond acceptors (Lipinski definition) is 4. The third kappa shape index (κ3) is 4.72. The number of nitrogen functional groups attached to an aromatic ring is 1. The average Bonchev–Trinajstić information content (AvgIpc) is 3.30. The minimum Gasteiger partial charge on any atom is -0.383 e. The van der Waals surface area contributed by atoms with Gasteiger partial charge in [-0.05, 0) is 29.9 Å². The van der Waals surface area contributed by atoms with Crippen LogP contribution in [-0.2, 0) is 17.9 Å². The molecular formula is C25H26N4O3. The summed E-state index contributed by atoms with van der Waals surface area (Å²) in [7, 11) is 0. The summed E-state index contributed by atoms with van der Waals surface area (Å²) in [6.07, 6.45) is 6.24. The molecule has 3 aromatic rings. The molecule has 0 saturated heterocycles. The van der Waals surface area contributed by atoms with Crippen molar-refractivity contribution in [2.75, 3.05) is 10.6 Å². The molecular weight excluding hydrogens is 404 g/mol. The van der Waals surface area contributed by atoms with E-state index in [1.54, 1.807) is 0 Å². The molecule has 1 amide bonds. The molecule has 32 heavy (non-hydrogen) atoms. The Kier molecular flexibility index (Phi) is 6.35. The molecule has 0 radical (unpaired) electrons. The van der Waals surface area contributed by atoms with Gasteiger partial charge in [0.1, 0.15) is 5.82 Å². The first kappa shape index (κ1) is 21.4. The quantitative estimate of drug-likeness (QED) is 0.563. The summed E-state index contributed by atoms with van der Waals surface area (Å²) < 4.78 is 1.30. The highest BCUT2D eigenvalue weighted by molar-refractivity contribution is 5.95. The van der Waals surface area contributed by atoms with Crippen LogP contribution in [0, 0.1) is 5.92 Å². The molecule has 1 aliphatic rings. The zero-order valence-corrected chi connectivity index (χ0v) is 17.7. The van der Waals surface area contributed by atoms with Crippen LogP contribution in [0.2, 0.25) is 0 Å². The van der Waals surface area contributed by atoms with Crippen LogP contribution < -0.4 is 21.9 Å². The van der Waals surface area contributed by atoms with Crippen molar-refractivity contribution in [1.82, 2.24) is 9.55 Å². The molecule has 1 atom stereocenters. The van der Waals surface area contributed by atoms with Crippen LogP contribution >= 0.6 is 0 Å². The number of nitrogens with zero attached hydrogens (tertiary/aromatic N) is 2. The van der Waals surface area contributed by atoms with Crippen molar-refractivity contribution in [2.45, 2.75) is 32.4 Å². The van der Waals surface area contributed by atoms with Gasteiger partial charge >= 0.3 is 5.69 Å². The Balaban J connectivity index is 1.75. The monoisotopic (exact) mass is 430 g/mol. The van der Waals surface area contributed by atoms with Crippen LogP contribution in [0.4, 0.5) is 11.5 Å². The van der Waals surface area contributed by atoms with E-state index in [2.05, 4.69) is 11.1 Å². The number of anilines is 2. The summed E-state index contributed by atoms with van der Waals surface area (Å²) in [6, 6.07) is 18.8. The number of nitrogens with two attached hydrogens (primary N) is 1. The van der Waals surface area contributed by atoms with Gasteiger partial charge in [-0.1, -0.05) is 72.8 Å². The van der Waals surface area contributed by atoms with E-state index in [0.29, 0.717) is 0 Å². The van der Waals surface area contributed by atoms with Gasteiger partial charge in [-0.3, -0.25) is 19.1 Å². The third-order valence-electron chi connectivity index (χ3n) is 5.70. The van der Waals surface area contributed by atoms with E-state index in [0.717, 1.165) is 24.0 Å². The molecule has 0 aliphatic heterocycles. The molecule has 7 heteroatoms. The molecule has 1 aromatic heterocycles. The van der Waals surface area contributed by atoms with E-state index < -0.39 is 11.2 Å². The summed E-state index contributed by atoms with van der Waals surface area (Å²) >= 11 is 0. The van der Waals surface area contributed by atoms with Crippen molar-refractivity contribution in [3.05, 3.63) is 105 Å². The zero-order chi connectivity index (χ0) is 22.5. The predicted octanol–water partition coefficient (Wildman–Crippen LogP) is 3.06.